The van der Waals surface area contributed by atoms with E-state index in [1.807, 2.05) is 37.3 Å². The predicted octanol–water partition coefficient (Wildman–Crippen LogP) is 6.88. The molecule has 0 aliphatic heterocycles. The van der Waals surface area contributed by atoms with Crippen LogP contribution < -0.4 is 21.7 Å². The number of furan rings is 1. The monoisotopic (exact) mass is 644 g/mol. The topological polar surface area (TPSA) is 144 Å². The molecule has 1 heterocycles. The maximum absolute atomic E-state index is 13.5. The summed E-state index contributed by atoms with van der Waals surface area (Å²) in [5.74, 6) is -0.727. The fourth-order valence-corrected chi connectivity index (χ4v) is 5.29. The molecule has 0 saturated heterocycles. The summed E-state index contributed by atoms with van der Waals surface area (Å²) in [5, 5.41) is 7.93. The number of rotatable bonds is 11. The van der Waals surface area contributed by atoms with E-state index in [4.69, 9.17) is 10.2 Å². The Morgan fingerprint density at radius 2 is 1.38 bits per heavy atom. The van der Waals surface area contributed by atoms with Crippen LogP contribution in [-0.2, 0) is 9.59 Å². The molecule has 4 amide bonds. The quantitative estimate of drug-likeness (QED) is 0.0912. The largest absolute Gasteiger partial charge is 0.457 e. The van der Waals surface area contributed by atoms with Gasteiger partial charge in [-0.1, -0.05) is 48.0 Å². The molecule has 9 nitrogen and oxygen atoms in total. The van der Waals surface area contributed by atoms with Gasteiger partial charge in [-0.3, -0.25) is 19.2 Å². The first kappa shape index (κ1) is 32.5. The molecule has 1 aromatic heterocycles. The Morgan fingerprint density at radius 3 is 2.04 bits per heavy atom. The third-order valence-electron chi connectivity index (χ3n) is 7.01. The van der Waals surface area contributed by atoms with Gasteiger partial charge in [0.15, 0.2) is 0 Å². The third kappa shape index (κ3) is 8.86. The molecule has 5 N–H and O–H groups in total. The van der Waals surface area contributed by atoms with Crippen molar-refractivity contribution in [1.29, 1.82) is 0 Å². The van der Waals surface area contributed by atoms with Crippen molar-refractivity contribution in [1.82, 2.24) is 5.32 Å². The van der Waals surface area contributed by atoms with Gasteiger partial charge in [-0.2, -0.15) is 0 Å². The molecule has 1 unspecified atom stereocenters. The Bertz CT molecular complexity index is 1920. The van der Waals surface area contributed by atoms with E-state index in [0.717, 1.165) is 16.0 Å². The summed E-state index contributed by atoms with van der Waals surface area (Å²) < 4.78 is 5.99. The number of aryl methyl sites for hydroxylation is 1. The number of benzene rings is 4. The number of anilines is 2. The molecule has 47 heavy (non-hydrogen) atoms. The van der Waals surface area contributed by atoms with Crippen molar-refractivity contribution in [3.63, 3.8) is 0 Å². The second-order valence-corrected chi connectivity index (χ2v) is 12.0. The van der Waals surface area contributed by atoms with Gasteiger partial charge in [-0.15, -0.1) is 11.8 Å². The number of thioether (sulfide) groups is 1. The van der Waals surface area contributed by atoms with Crippen LogP contribution in [0.1, 0.15) is 39.0 Å². The van der Waals surface area contributed by atoms with Crippen LogP contribution in [-0.4, -0.2) is 28.9 Å². The maximum atomic E-state index is 13.5. The second-order valence-electron chi connectivity index (χ2n) is 10.6. The Hall–Kier alpha value is -5.87. The van der Waals surface area contributed by atoms with Crippen molar-refractivity contribution in [2.75, 3.05) is 10.6 Å². The lowest BCUT2D eigenvalue weighted by molar-refractivity contribution is -0.115. The Morgan fingerprint density at radius 1 is 0.745 bits per heavy atom. The molecule has 5 rings (SSSR count). The van der Waals surface area contributed by atoms with E-state index in [9.17, 15) is 19.2 Å². The van der Waals surface area contributed by atoms with Crippen molar-refractivity contribution in [3.05, 3.63) is 143 Å². The highest BCUT2D eigenvalue weighted by Gasteiger charge is 2.18. The number of primary amides is 1. The van der Waals surface area contributed by atoms with Crippen LogP contribution in [0.25, 0.3) is 17.4 Å². The van der Waals surface area contributed by atoms with E-state index < -0.39 is 23.0 Å². The number of nitrogens with one attached hydrogen (secondary N) is 3. The summed E-state index contributed by atoms with van der Waals surface area (Å²) in [6, 6.07) is 33.4. The Kier molecular flexibility index (Phi) is 10.3. The van der Waals surface area contributed by atoms with Gasteiger partial charge in [-0.25, -0.2) is 0 Å². The van der Waals surface area contributed by atoms with Crippen LogP contribution in [0, 0.1) is 6.92 Å². The zero-order chi connectivity index (χ0) is 33.3. The first-order chi connectivity index (χ1) is 22.6. The van der Waals surface area contributed by atoms with Crippen LogP contribution in [0.3, 0.4) is 0 Å². The van der Waals surface area contributed by atoms with Crippen LogP contribution >= 0.6 is 11.8 Å². The highest BCUT2D eigenvalue weighted by Crippen LogP contribution is 2.27. The fourth-order valence-electron chi connectivity index (χ4n) is 4.42. The molecule has 0 bridgehead atoms. The molecule has 0 aliphatic rings. The number of nitrogens with two attached hydrogens (primary N) is 1. The van der Waals surface area contributed by atoms with E-state index in [-0.39, 0.29) is 11.6 Å². The zero-order valence-electron chi connectivity index (χ0n) is 25.7. The average Bonchev–Trinajstić information content (AvgIpc) is 3.54. The smallest absolute Gasteiger partial charge is 0.272 e. The van der Waals surface area contributed by atoms with Gasteiger partial charge in [0.2, 0.25) is 11.8 Å². The van der Waals surface area contributed by atoms with Crippen LogP contribution in [0.5, 0.6) is 0 Å². The lowest BCUT2D eigenvalue weighted by Crippen LogP contribution is -2.30. The molecule has 0 aliphatic carbocycles. The zero-order valence-corrected chi connectivity index (χ0v) is 26.5. The lowest BCUT2D eigenvalue weighted by atomic mass is 10.1. The molecule has 5 aromatic rings. The summed E-state index contributed by atoms with van der Waals surface area (Å²) in [6.45, 7) is 3.78. The molecular formula is C37H32N4O5S. The second kappa shape index (κ2) is 14.9. The van der Waals surface area contributed by atoms with Gasteiger partial charge in [0.05, 0.1) is 5.25 Å². The van der Waals surface area contributed by atoms with E-state index in [2.05, 4.69) is 16.0 Å². The van der Waals surface area contributed by atoms with Crippen molar-refractivity contribution >= 4 is 52.8 Å². The maximum Gasteiger partial charge on any atom is 0.272 e. The lowest BCUT2D eigenvalue weighted by Gasteiger charge is -2.13. The summed E-state index contributed by atoms with van der Waals surface area (Å²) in [6.07, 6.45) is 1.49. The first-order valence-corrected chi connectivity index (χ1v) is 15.6. The van der Waals surface area contributed by atoms with Crippen LogP contribution in [0.15, 0.2) is 130 Å². The van der Waals surface area contributed by atoms with E-state index in [1.165, 1.54) is 17.8 Å². The molecule has 0 spiro atoms. The summed E-state index contributed by atoms with van der Waals surface area (Å²) in [5.41, 5.74) is 9.07. The highest BCUT2D eigenvalue weighted by atomic mass is 32.2. The number of amides is 4. The average molecular weight is 645 g/mol. The van der Waals surface area contributed by atoms with Crippen molar-refractivity contribution < 1.29 is 23.6 Å². The number of hydrogen-bond acceptors (Lipinski definition) is 6. The first-order valence-electron chi connectivity index (χ1n) is 14.7. The van der Waals surface area contributed by atoms with Gasteiger partial charge >= 0.3 is 0 Å². The molecule has 4 aromatic carbocycles. The van der Waals surface area contributed by atoms with Gasteiger partial charge in [-0.05, 0) is 86.6 Å². The number of carbonyl (C=O) groups is 4. The van der Waals surface area contributed by atoms with E-state index >= 15 is 0 Å². The minimum Gasteiger partial charge on any atom is -0.457 e. The minimum absolute atomic E-state index is 0.00346. The van der Waals surface area contributed by atoms with E-state index in [1.54, 1.807) is 91.9 Å². The molecule has 0 saturated carbocycles. The predicted molar refractivity (Wildman–Crippen MR) is 185 cm³/mol. The molecule has 10 heteroatoms. The number of carbonyl (C=O) groups excluding carboxylic acids is 4. The van der Waals surface area contributed by atoms with Crippen LogP contribution in [0.4, 0.5) is 11.4 Å². The molecule has 0 fully saturated rings. The Labute approximate surface area is 276 Å². The summed E-state index contributed by atoms with van der Waals surface area (Å²) in [7, 11) is 0. The van der Waals surface area contributed by atoms with Gasteiger partial charge < -0.3 is 26.1 Å². The van der Waals surface area contributed by atoms with Crippen molar-refractivity contribution in [3.8, 4) is 11.3 Å². The SMILES string of the molecule is Cc1ccc(-c2ccc(/C=C(\NC(=O)c3ccccc3)C(=O)Nc3ccc(SC(C)C(=O)Nc4ccc(C(N)=O)cc4)cc3)o2)cc1. The normalized spacial score (nSPS) is 11.7. The van der Waals surface area contributed by atoms with Gasteiger partial charge in [0.25, 0.3) is 11.8 Å². The molecule has 236 valence electrons. The van der Waals surface area contributed by atoms with Crippen molar-refractivity contribution in [2.45, 2.75) is 24.0 Å². The molecular weight excluding hydrogens is 612 g/mol. The Balaban J connectivity index is 1.26. The standard InChI is InChI=1S/C37H32N4O5S/c1-23-8-10-25(11-9-23)33-21-18-30(46-33)22-32(41-36(44)27-6-4-3-5-7-27)37(45)40-29-16-19-31(20-17-29)47-24(2)35(43)39-28-14-12-26(13-15-28)34(38)42/h3-22,24H,1-2H3,(H2,38,42)(H,39,43)(H,40,45)(H,41,44)/b32-22-. The summed E-state index contributed by atoms with van der Waals surface area (Å²) >= 11 is 1.34. The van der Waals surface area contributed by atoms with Gasteiger partial charge in [0.1, 0.15) is 17.2 Å². The molecule has 1 atom stereocenters. The number of hydrogen-bond donors (Lipinski definition) is 4. The van der Waals surface area contributed by atoms with E-state index in [0.29, 0.717) is 34.0 Å². The minimum atomic E-state index is -0.543. The third-order valence-corrected chi connectivity index (χ3v) is 8.12. The van der Waals surface area contributed by atoms with Gasteiger partial charge in [0, 0.05) is 39.0 Å². The molecule has 0 radical (unpaired) electrons. The fraction of sp³-hybridized carbons (Fsp3) is 0.0811. The highest BCUT2D eigenvalue weighted by molar-refractivity contribution is 8.00. The van der Waals surface area contributed by atoms with Crippen molar-refractivity contribution in [2.24, 2.45) is 5.73 Å². The summed E-state index contributed by atoms with van der Waals surface area (Å²) in [4.78, 5) is 51.3. The van der Waals surface area contributed by atoms with Crippen LogP contribution in [0.2, 0.25) is 0 Å².